The van der Waals surface area contributed by atoms with Crippen LogP contribution in [0.1, 0.15) is 42.7 Å². The number of benzene rings is 2. The summed E-state index contributed by atoms with van der Waals surface area (Å²) in [6.07, 6.45) is 3.25. The molecule has 12 nitrogen and oxygen atoms in total. The number of nitrogens with zero attached hydrogens (tertiary/aromatic N) is 6. The molecule has 0 atom stereocenters. The number of hydrogen-bond donors (Lipinski definition) is 3. The van der Waals surface area contributed by atoms with Crippen molar-refractivity contribution in [1.29, 1.82) is 0 Å². The Morgan fingerprint density at radius 3 is 2.59 bits per heavy atom. The fraction of sp³-hybridized carbons (Fsp3) is 0.406. The summed E-state index contributed by atoms with van der Waals surface area (Å²) in [6, 6.07) is 12.5. The number of urea groups is 1. The fourth-order valence-electron chi connectivity index (χ4n) is 5.41. The van der Waals surface area contributed by atoms with E-state index >= 15 is 0 Å². The van der Waals surface area contributed by atoms with Crippen molar-refractivity contribution < 1.29 is 14.3 Å². The molecule has 44 heavy (non-hydrogen) atoms. The SMILES string of the molecule is COc1cc(C(=O)NC2CCN(C)CC2)ccc1Nc1cc(N(C)C(=O)Nc2cccc3c2c(C)nn3CC(C)C)ncn1. The van der Waals surface area contributed by atoms with Gasteiger partial charge in [0.25, 0.3) is 5.91 Å². The molecule has 12 heteroatoms. The summed E-state index contributed by atoms with van der Waals surface area (Å²) in [7, 11) is 5.29. The second kappa shape index (κ2) is 13.3. The lowest BCUT2D eigenvalue weighted by molar-refractivity contribution is 0.0916. The van der Waals surface area contributed by atoms with E-state index in [1.54, 1.807) is 38.4 Å². The number of piperidine rings is 1. The molecule has 0 radical (unpaired) electrons. The third kappa shape index (κ3) is 6.91. The van der Waals surface area contributed by atoms with Gasteiger partial charge in [-0.05, 0) is 76.2 Å². The van der Waals surface area contributed by atoms with Crippen LogP contribution in [-0.4, -0.2) is 76.9 Å². The van der Waals surface area contributed by atoms with Gasteiger partial charge in [0.15, 0.2) is 0 Å². The molecule has 1 fully saturated rings. The maximum Gasteiger partial charge on any atom is 0.327 e. The number of aryl methyl sites for hydroxylation is 1. The van der Waals surface area contributed by atoms with Crippen molar-refractivity contribution in [3.63, 3.8) is 0 Å². The summed E-state index contributed by atoms with van der Waals surface area (Å²) in [5.74, 6) is 1.67. The van der Waals surface area contributed by atoms with Crippen LogP contribution >= 0.6 is 0 Å². The predicted octanol–water partition coefficient (Wildman–Crippen LogP) is 5.04. The quantitative estimate of drug-likeness (QED) is 0.244. The van der Waals surface area contributed by atoms with E-state index in [-0.39, 0.29) is 18.0 Å². The first kappa shape index (κ1) is 30.7. The molecule has 1 aliphatic rings. The van der Waals surface area contributed by atoms with Crippen molar-refractivity contribution >= 4 is 45.9 Å². The molecule has 4 aromatic rings. The molecule has 1 saturated heterocycles. The summed E-state index contributed by atoms with van der Waals surface area (Å²) >= 11 is 0. The van der Waals surface area contributed by atoms with Gasteiger partial charge in [-0.2, -0.15) is 5.10 Å². The van der Waals surface area contributed by atoms with Crippen LogP contribution in [0.2, 0.25) is 0 Å². The van der Waals surface area contributed by atoms with Crippen LogP contribution in [0.4, 0.5) is 27.8 Å². The van der Waals surface area contributed by atoms with Crippen LogP contribution < -0.4 is 25.6 Å². The number of aromatic nitrogens is 4. The maximum absolute atomic E-state index is 13.3. The van der Waals surface area contributed by atoms with Crippen LogP contribution in [0.15, 0.2) is 48.8 Å². The summed E-state index contributed by atoms with van der Waals surface area (Å²) in [4.78, 5) is 38.6. The zero-order chi connectivity index (χ0) is 31.4. The summed E-state index contributed by atoms with van der Waals surface area (Å²) in [6.45, 7) is 8.97. The highest BCUT2D eigenvalue weighted by molar-refractivity contribution is 6.07. The molecule has 3 N–H and O–H groups in total. The van der Waals surface area contributed by atoms with Crippen molar-refractivity contribution in [2.45, 2.75) is 46.2 Å². The molecule has 0 bridgehead atoms. The number of fused-ring (bicyclic) bond motifs is 1. The number of nitrogens with one attached hydrogen (secondary N) is 3. The predicted molar refractivity (Wildman–Crippen MR) is 173 cm³/mol. The highest BCUT2D eigenvalue weighted by Gasteiger charge is 2.21. The van der Waals surface area contributed by atoms with Crippen LogP contribution in [0, 0.1) is 12.8 Å². The third-order valence-corrected chi connectivity index (χ3v) is 7.81. The summed E-state index contributed by atoms with van der Waals surface area (Å²) < 4.78 is 7.57. The molecule has 0 unspecified atom stereocenters. The molecule has 0 aliphatic carbocycles. The second-order valence-electron chi connectivity index (χ2n) is 11.7. The Balaban J connectivity index is 1.28. The highest BCUT2D eigenvalue weighted by Crippen LogP contribution is 2.30. The van der Waals surface area contributed by atoms with Crippen molar-refractivity contribution in [3.8, 4) is 5.75 Å². The molecule has 232 valence electrons. The first-order chi connectivity index (χ1) is 21.1. The van der Waals surface area contributed by atoms with E-state index in [0.717, 1.165) is 49.1 Å². The number of likely N-dealkylation sites (tertiary alicyclic amines) is 1. The normalized spacial score (nSPS) is 14.1. The standard InChI is InChI=1S/C32H41N9O3/c1-20(2)18-41-26-9-7-8-25(30(26)21(3)38-41)37-32(43)40(5)29-17-28(33-19-34-29)36-24-11-10-22(16-27(24)44-6)31(42)35-23-12-14-39(4)15-13-23/h7-11,16-17,19-20,23H,12-15,18H2,1-6H3,(H,35,42)(H,37,43)(H,33,34,36). The van der Waals surface area contributed by atoms with Crippen molar-refractivity contribution in [2.24, 2.45) is 5.92 Å². The van der Waals surface area contributed by atoms with E-state index in [4.69, 9.17) is 9.84 Å². The molecule has 2 aromatic carbocycles. The van der Waals surface area contributed by atoms with Gasteiger partial charge in [-0.25, -0.2) is 14.8 Å². The minimum atomic E-state index is -0.351. The highest BCUT2D eigenvalue weighted by atomic mass is 16.5. The van der Waals surface area contributed by atoms with E-state index in [9.17, 15) is 9.59 Å². The molecule has 3 heterocycles. The largest absolute Gasteiger partial charge is 0.495 e. The molecular weight excluding hydrogens is 558 g/mol. The number of carbonyl (C=O) groups excluding carboxylic acids is 2. The monoisotopic (exact) mass is 599 g/mol. The van der Waals surface area contributed by atoms with Crippen LogP contribution in [0.25, 0.3) is 10.9 Å². The van der Waals surface area contributed by atoms with E-state index in [0.29, 0.717) is 40.2 Å². The van der Waals surface area contributed by atoms with Crippen LogP contribution in [0.5, 0.6) is 5.75 Å². The number of amides is 3. The Morgan fingerprint density at radius 2 is 1.86 bits per heavy atom. The molecule has 1 aliphatic heterocycles. The molecule has 3 amide bonds. The average molecular weight is 600 g/mol. The molecule has 5 rings (SSSR count). The average Bonchev–Trinajstić information content (AvgIpc) is 3.33. The minimum absolute atomic E-state index is 0.125. The van der Waals surface area contributed by atoms with Gasteiger partial charge in [-0.1, -0.05) is 19.9 Å². The lowest BCUT2D eigenvalue weighted by atomic mass is 10.0. The number of methoxy groups -OCH3 is 1. The number of rotatable bonds is 9. The first-order valence-corrected chi connectivity index (χ1v) is 14.9. The minimum Gasteiger partial charge on any atom is -0.495 e. The van der Waals surface area contributed by atoms with Gasteiger partial charge in [0.05, 0.1) is 29.7 Å². The Bertz CT molecular complexity index is 1640. The summed E-state index contributed by atoms with van der Waals surface area (Å²) in [5.41, 5.74) is 3.66. The Kier molecular flexibility index (Phi) is 9.29. The van der Waals surface area contributed by atoms with E-state index in [2.05, 4.69) is 51.7 Å². The van der Waals surface area contributed by atoms with Gasteiger partial charge >= 0.3 is 6.03 Å². The number of hydrogen-bond acceptors (Lipinski definition) is 8. The molecular formula is C32H41N9O3. The zero-order valence-electron chi connectivity index (χ0n) is 26.2. The fourth-order valence-corrected chi connectivity index (χ4v) is 5.41. The number of carbonyl (C=O) groups is 2. The van der Waals surface area contributed by atoms with Crippen molar-refractivity contribution in [2.75, 3.05) is 49.8 Å². The van der Waals surface area contributed by atoms with Gasteiger partial charge in [-0.3, -0.25) is 14.4 Å². The van der Waals surface area contributed by atoms with Gasteiger partial charge in [0.1, 0.15) is 23.7 Å². The van der Waals surface area contributed by atoms with Gasteiger partial charge < -0.3 is 25.6 Å². The number of ether oxygens (including phenoxy) is 1. The molecule has 2 aromatic heterocycles. The van der Waals surface area contributed by atoms with Gasteiger partial charge in [0.2, 0.25) is 0 Å². The first-order valence-electron chi connectivity index (χ1n) is 14.9. The van der Waals surface area contributed by atoms with Crippen LogP contribution in [0.3, 0.4) is 0 Å². The van der Waals surface area contributed by atoms with Crippen molar-refractivity contribution in [1.82, 2.24) is 30.0 Å². The van der Waals surface area contributed by atoms with E-state index < -0.39 is 0 Å². The third-order valence-electron chi connectivity index (χ3n) is 7.81. The zero-order valence-corrected chi connectivity index (χ0v) is 26.2. The lowest BCUT2D eigenvalue weighted by Crippen LogP contribution is -2.43. The van der Waals surface area contributed by atoms with Crippen LogP contribution in [-0.2, 0) is 6.54 Å². The second-order valence-corrected chi connectivity index (χ2v) is 11.7. The smallest absolute Gasteiger partial charge is 0.327 e. The van der Waals surface area contributed by atoms with Gasteiger partial charge in [0, 0.05) is 36.7 Å². The maximum atomic E-state index is 13.3. The lowest BCUT2D eigenvalue weighted by Gasteiger charge is -2.29. The van der Waals surface area contributed by atoms with Crippen molar-refractivity contribution in [3.05, 3.63) is 60.0 Å². The molecule has 0 saturated carbocycles. The Morgan fingerprint density at radius 1 is 1.09 bits per heavy atom. The Hall–Kier alpha value is -4.71. The number of anilines is 4. The topological polar surface area (TPSA) is 130 Å². The van der Waals surface area contributed by atoms with Gasteiger partial charge in [-0.15, -0.1) is 0 Å². The summed E-state index contributed by atoms with van der Waals surface area (Å²) in [5, 5.41) is 15.0. The van der Waals surface area contributed by atoms with E-state index in [1.807, 2.05) is 29.8 Å². The Labute approximate surface area is 257 Å². The van der Waals surface area contributed by atoms with E-state index in [1.165, 1.54) is 11.2 Å². The molecule has 0 spiro atoms.